The highest BCUT2D eigenvalue weighted by Gasteiger charge is 2.46. The van der Waals surface area contributed by atoms with E-state index in [1.807, 2.05) is 49.3 Å². The maximum absolute atomic E-state index is 13.1. The van der Waals surface area contributed by atoms with Crippen molar-refractivity contribution in [3.05, 3.63) is 95.3 Å². The predicted octanol–water partition coefficient (Wildman–Crippen LogP) is 3.78. The smallest absolute Gasteiger partial charge is 0.295 e. The van der Waals surface area contributed by atoms with Gasteiger partial charge in [-0.05, 0) is 53.6 Å². The molecule has 2 heterocycles. The Kier molecular flexibility index (Phi) is 6.13. The molecule has 0 radical (unpaired) electrons. The number of anilines is 1. The lowest BCUT2D eigenvalue weighted by molar-refractivity contribution is -0.140. The number of hydrogen-bond donors (Lipinski definition) is 1. The van der Waals surface area contributed by atoms with Gasteiger partial charge in [-0.1, -0.05) is 18.2 Å². The van der Waals surface area contributed by atoms with Crippen molar-refractivity contribution in [2.24, 2.45) is 0 Å². The summed E-state index contributed by atoms with van der Waals surface area (Å²) in [7, 11) is 5.43. The molecular weight excluding hydrogens is 418 g/mol. The van der Waals surface area contributed by atoms with Crippen molar-refractivity contribution in [2.45, 2.75) is 12.6 Å². The molecular formula is C26H25N3O4. The van der Waals surface area contributed by atoms with E-state index in [1.54, 1.807) is 49.8 Å². The van der Waals surface area contributed by atoms with Gasteiger partial charge in [-0.25, -0.2) is 0 Å². The Morgan fingerprint density at radius 1 is 1.06 bits per heavy atom. The highest BCUT2D eigenvalue weighted by atomic mass is 16.5. The molecule has 0 bridgehead atoms. The van der Waals surface area contributed by atoms with Crippen molar-refractivity contribution < 1.29 is 19.4 Å². The molecule has 168 valence electrons. The van der Waals surface area contributed by atoms with Crippen LogP contribution < -0.4 is 9.64 Å². The summed E-state index contributed by atoms with van der Waals surface area (Å²) in [5.74, 6) is -0.963. The number of pyridine rings is 1. The Morgan fingerprint density at radius 3 is 2.33 bits per heavy atom. The van der Waals surface area contributed by atoms with E-state index in [0.29, 0.717) is 11.3 Å². The third-order valence-corrected chi connectivity index (χ3v) is 5.70. The van der Waals surface area contributed by atoms with Crippen LogP contribution in [0, 0.1) is 0 Å². The zero-order chi connectivity index (χ0) is 23.5. The minimum atomic E-state index is -0.733. The van der Waals surface area contributed by atoms with E-state index in [-0.39, 0.29) is 17.9 Å². The number of ether oxygens (including phenoxy) is 1. The molecule has 7 heteroatoms. The molecule has 3 aromatic rings. The number of Topliss-reactive ketones (excluding diaryl/α,β-unsaturated/α-hetero) is 1. The van der Waals surface area contributed by atoms with Crippen LogP contribution in [0.4, 0.5) is 5.69 Å². The first-order chi connectivity index (χ1) is 15.9. The first-order valence-corrected chi connectivity index (χ1v) is 10.5. The number of ketones is 1. The minimum absolute atomic E-state index is 0.0617. The second-order valence-corrected chi connectivity index (χ2v) is 8.00. The first-order valence-electron chi connectivity index (χ1n) is 10.5. The van der Waals surface area contributed by atoms with Crippen LogP contribution in [-0.2, 0) is 16.1 Å². The summed E-state index contributed by atoms with van der Waals surface area (Å²) >= 11 is 0. The summed E-state index contributed by atoms with van der Waals surface area (Å²) in [5, 5.41) is 11.1. The molecule has 1 atom stereocenters. The molecule has 33 heavy (non-hydrogen) atoms. The monoisotopic (exact) mass is 443 g/mol. The third-order valence-electron chi connectivity index (χ3n) is 5.70. The lowest BCUT2D eigenvalue weighted by Gasteiger charge is -2.26. The van der Waals surface area contributed by atoms with Crippen molar-refractivity contribution in [2.75, 3.05) is 26.1 Å². The molecule has 1 amide bonds. The fourth-order valence-corrected chi connectivity index (χ4v) is 3.94. The second kappa shape index (κ2) is 9.16. The Morgan fingerprint density at radius 2 is 1.76 bits per heavy atom. The van der Waals surface area contributed by atoms with Crippen LogP contribution in [0.3, 0.4) is 0 Å². The molecule has 1 fully saturated rings. The Hall–Kier alpha value is -4.13. The number of carbonyl (C=O) groups is 2. The average molecular weight is 444 g/mol. The average Bonchev–Trinajstić information content (AvgIpc) is 3.09. The van der Waals surface area contributed by atoms with Gasteiger partial charge in [-0.15, -0.1) is 0 Å². The Labute approximate surface area is 192 Å². The molecule has 1 aromatic heterocycles. The van der Waals surface area contributed by atoms with Crippen molar-refractivity contribution in [3.8, 4) is 5.75 Å². The van der Waals surface area contributed by atoms with Crippen LogP contribution >= 0.6 is 0 Å². The van der Waals surface area contributed by atoms with Crippen LogP contribution in [0.2, 0.25) is 0 Å². The molecule has 1 saturated heterocycles. The maximum atomic E-state index is 13.1. The summed E-state index contributed by atoms with van der Waals surface area (Å²) in [4.78, 5) is 33.8. The number of rotatable bonds is 6. The van der Waals surface area contributed by atoms with Gasteiger partial charge in [0, 0.05) is 44.3 Å². The molecule has 0 spiro atoms. The lowest BCUT2D eigenvalue weighted by Crippen LogP contribution is -2.29. The fraction of sp³-hybridized carbons (Fsp3) is 0.192. The molecule has 0 saturated carbocycles. The maximum Gasteiger partial charge on any atom is 0.295 e. The predicted molar refractivity (Wildman–Crippen MR) is 126 cm³/mol. The molecule has 1 N–H and O–H groups in total. The zero-order valence-electron chi connectivity index (χ0n) is 18.7. The highest BCUT2D eigenvalue weighted by molar-refractivity contribution is 6.46. The Balaban J connectivity index is 1.83. The van der Waals surface area contributed by atoms with Gasteiger partial charge < -0.3 is 19.6 Å². The van der Waals surface area contributed by atoms with Gasteiger partial charge in [0.05, 0.1) is 18.7 Å². The summed E-state index contributed by atoms with van der Waals surface area (Å²) in [5.41, 5.74) is 3.01. The van der Waals surface area contributed by atoms with Gasteiger partial charge >= 0.3 is 0 Å². The normalized spacial score (nSPS) is 17.3. The van der Waals surface area contributed by atoms with Crippen molar-refractivity contribution in [1.82, 2.24) is 9.88 Å². The minimum Gasteiger partial charge on any atom is -0.507 e. The standard InChI is InChI=1S/C26H25N3O4/c1-28(2)20-10-6-18(7-11-20)23-22(24(30)19-8-12-21(33-3)13-9-19)25(31)26(32)29(23)16-17-5-4-14-27-15-17/h4-15,23,30H,16H2,1-3H3. The summed E-state index contributed by atoms with van der Waals surface area (Å²) in [6, 6.07) is 17.2. The van der Waals surface area contributed by atoms with Crippen LogP contribution in [-0.4, -0.2) is 47.9 Å². The van der Waals surface area contributed by atoms with E-state index in [4.69, 9.17) is 4.74 Å². The van der Waals surface area contributed by atoms with Gasteiger partial charge in [0.25, 0.3) is 11.7 Å². The highest BCUT2D eigenvalue weighted by Crippen LogP contribution is 2.40. The number of aliphatic hydroxyl groups excluding tert-OH is 1. The Bertz CT molecular complexity index is 1190. The summed E-state index contributed by atoms with van der Waals surface area (Å²) in [6.07, 6.45) is 3.31. The zero-order valence-corrected chi connectivity index (χ0v) is 18.7. The van der Waals surface area contributed by atoms with Crippen LogP contribution in [0.5, 0.6) is 5.75 Å². The number of aliphatic hydroxyl groups is 1. The number of nitrogens with zero attached hydrogens (tertiary/aromatic N) is 3. The van der Waals surface area contributed by atoms with Gasteiger partial charge in [-0.3, -0.25) is 14.6 Å². The van der Waals surface area contributed by atoms with Crippen molar-refractivity contribution >= 4 is 23.1 Å². The summed E-state index contributed by atoms with van der Waals surface area (Å²) < 4.78 is 5.18. The number of methoxy groups -OCH3 is 1. The SMILES string of the molecule is COc1ccc(C(O)=C2C(=O)C(=O)N(Cc3cccnc3)C2c2ccc(N(C)C)cc2)cc1. The molecule has 1 unspecified atom stereocenters. The van der Waals surface area contributed by atoms with E-state index in [1.165, 1.54) is 4.90 Å². The lowest BCUT2D eigenvalue weighted by atomic mass is 9.95. The van der Waals surface area contributed by atoms with Gasteiger partial charge in [0.15, 0.2) is 0 Å². The largest absolute Gasteiger partial charge is 0.507 e. The van der Waals surface area contributed by atoms with Crippen molar-refractivity contribution in [1.29, 1.82) is 0 Å². The fourth-order valence-electron chi connectivity index (χ4n) is 3.94. The molecule has 2 aromatic carbocycles. The van der Waals surface area contributed by atoms with Gasteiger partial charge in [0.2, 0.25) is 0 Å². The van der Waals surface area contributed by atoms with Gasteiger partial charge in [0.1, 0.15) is 11.5 Å². The number of carbonyl (C=O) groups excluding carboxylic acids is 2. The molecule has 7 nitrogen and oxygen atoms in total. The number of hydrogen-bond acceptors (Lipinski definition) is 6. The topological polar surface area (TPSA) is 83.0 Å². The van der Waals surface area contributed by atoms with E-state index in [2.05, 4.69) is 4.98 Å². The first kappa shape index (κ1) is 22.1. The van der Waals surface area contributed by atoms with Crippen LogP contribution in [0.1, 0.15) is 22.7 Å². The number of amides is 1. The quantitative estimate of drug-likeness (QED) is 0.355. The van der Waals surface area contributed by atoms with E-state index >= 15 is 0 Å². The third kappa shape index (κ3) is 4.30. The van der Waals surface area contributed by atoms with Crippen molar-refractivity contribution in [3.63, 3.8) is 0 Å². The van der Waals surface area contributed by atoms with E-state index < -0.39 is 17.7 Å². The van der Waals surface area contributed by atoms with E-state index in [9.17, 15) is 14.7 Å². The number of likely N-dealkylation sites (tertiary alicyclic amines) is 1. The van der Waals surface area contributed by atoms with Crippen LogP contribution in [0.25, 0.3) is 5.76 Å². The molecule has 1 aliphatic rings. The molecule has 1 aliphatic heterocycles. The van der Waals surface area contributed by atoms with Gasteiger partial charge in [-0.2, -0.15) is 0 Å². The number of benzene rings is 2. The van der Waals surface area contributed by atoms with Crippen LogP contribution in [0.15, 0.2) is 78.6 Å². The summed E-state index contributed by atoms with van der Waals surface area (Å²) in [6.45, 7) is 0.192. The molecule has 0 aliphatic carbocycles. The second-order valence-electron chi connectivity index (χ2n) is 8.00. The van der Waals surface area contributed by atoms with E-state index in [0.717, 1.165) is 16.8 Å². The number of aromatic nitrogens is 1. The molecule has 4 rings (SSSR count).